The summed E-state index contributed by atoms with van der Waals surface area (Å²) in [5.74, 6) is 0.936. The first-order chi connectivity index (χ1) is 16.3. The van der Waals surface area contributed by atoms with Crippen molar-refractivity contribution in [2.45, 2.75) is 71.9 Å². The molecule has 0 aromatic heterocycles. The second kappa shape index (κ2) is 12.1. The molecule has 2 unspecified atom stereocenters. The number of urea groups is 1. The fourth-order valence-corrected chi connectivity index (χ4v) is 4.89. The molecule has 188 valence electrons. The number of rotatable bonds is 7. The average molecular weight is 473 g/mol. The lowest BCUT2D eigenvalue weighted by Crippen LogP contribution is -2.60. The molecule has 1 aromatic rings. The Kier molecular flexibility index (Phi) is 9.19. The topological polar surface area (TPSA) is 91.0 Å². The highest BCUT2D eigenvalue weighted by atomic mass is 16.5. The van der Waals surface area contributed by atoms with Crippen LogP contribution in [0, 0.1) is 11.8 Å². The molecule has 1 saturated carbocycles. The van der Waals surface area contributed by atoms with E-state index in [0.717, 1.165) is 31.4 Å². The van der Waals surface area contributed by atoms with E-state index in [2.05, 4.69) is 10.6 Å². The van der Waals surface area contributed by atoms with Crippen LogP contribution in [0.1, 0.15) is 59.8 Å². The second-order valence-corrected chi connectivity index (χ2v) is 9.78. The summed E-state index contributed by atoms with van der Waals surface area (Å²) in [4.78, 5) is 42.7. The van der Waals surface area contributed by atoms with Crippen LogP contribution in [0.3, 0.4) is 0 Å². The summed E-state index contributed by atoms with van der Waals surface area (Å²) in [6.45, 7) is 9.88. The predicted octanol–water partition coefficient (Wildman–Crippen LogP) is 3.87. The minimum atomic E-state index is -0.643. The van der Waals surface area contributed by atoms with Crippen molar-refractivity contribution in [2.24, 2.45) is 11.8 Å². The van der Waals surface area contributed by atoms with Gasteiger partial charge in [-0.05, 0) is 56.9 Å². The van der Waals surface area contributed by atoms with Gasteiger partial charge in [0.1, 0.15) is 11.8 Å². The van der Waals surface area contributed by atoms with Gasteiger partial charge in [0.05, 0.1) is 6.61 Å². The SMILES string of the molecule is CCOc1ccc(NC(=O)NC(C(=O)N2CCN(C(=O)C3CCCCC3)C(C)C2)C(C)C)cc1. The standard InChI is InChI=1S/C26H40N4O4/c1-5-34-22-13-11-21(12-14-22)27-26(33)28-23(18(2)3)25(32)29-15-16-30(19(4)17-29)24(31)20-9-7-6-8-10-20/h11-14,18-20,23H,5-10,15-17H2,1-4H3,(H2,27,28,33). The van der Waals surface area contributed by atoms with Crippen molar-refractivity contribution in [3.63, 3.8) is 0 Å². The van der Waals surface area contributed by atoms with E-state index in [4.69, 9.17) is 4.74 Å². The van der Waals surface area contributed by atoms with Gasteiger partial charge in [-0.3, -0.25) is 9.59 Å². The van der Waals surface area contributed by atoms with Gasteiger partial charge in [0.2, 0.25) is 11.8 Å². The molecule has 8 heteroatoms. The number of anilines is 1. The zero-order chi connectivity index (χ0) is 24.7. The number of nitrogens with zero attached hydrogens (tertiary/aromatic N) is 2. The number of ether oxygens (including phenoxy) is 1. The van der Waals surface area contributed by atoms with E-state index >= 15 is 0 Å². The maximum absolute atomic E-state index is 13.3. The van der Waals surface area contributed by atoms with Crippen LogP contribution in [-0.2, 0) is 9.59 Å². The first kappa shape index (κ1) is 25.8. The largest absolute Gasteiger partial charge is 0.494 e. The molecule has 2 aliphatic rings. The Morgan fingerprint density at radius 3 is 2.32 bits per heavy atom. The third kappa shape index (κ3) is 6.64. The van der Waals surface area contributed by atoms with Gasteiger partial charge >= 0.3 is 6.03 Å². The van der Waals surface area contributed by atoms with E-state index in [-0.39, 0.29) is 29.7 Å². The van der Waals surface area contributed by atoms with Crippen molar-refractivity contribution in [3.05, 3.63) is 24.3 Å². The van der Waals surface area contributed by atoms with Crippen LogP contribution in [0.25, 0.3) is 0 Å². The lowest BCUT2D eigenvalue weighted by atomic mass is 9.87. The quantitative estimate of drug-likeness (QED) is 0.630. The normalized spacial score (nSPS) is 20.1. The van der Waals surface area contributed by atoms with Crippen molar-refractivity contribution in [2.75, 3.05) is 31.6 Å². The van der Waals surface area contributed by atoms with Crippen molar-refractivity contribution in [1.82, 2.24) is 15.1 Å². The summed E-state index contributed by atoms with van der Waals surface area (Å²) in [5, 5.41) is 5.64. The molecule has 0 radical (unpaired) electrons. The van der Waals surface area contributed by atoms with Gasteiger partial charge in [-0.1, -0.05) is 33.1 Å². The summed E-state index contributed by atoms with van der Waals surface area (Å²) in [5.41, 5.74) is 0.624. The van der Waals surface area contributed by atoms with Gasteiger partial charge in [-0.25, -0.2) is 4.79 Å². The molecule has 34 heavy (non-hydrogen) atoms. The second-order valence-electron chi connectivity index (χ2n) is 9.78. The number of piperazine rings is 1. The fourth-order valence-electron chi connectivity index (χ4n) is 4.89. The molecule has 1 aliphatic carbocycles. The molecule has 1 heterocycles. The lowest BCUT2D eigenvalue weighted by Gasteiger charge is -2.43. The highest BCUT2D eigenvalue weighted by Crippen LogP contribution is 2.27. The van der Waals surface area contributed by atoms with Crippen molar-refractivity contribution in [3.8, 4) is 5.75 Å². The van der Waals surface area contributed by atoms with Crippen molar-refractivity contribution >= 4 is 23.5 Å². The third-order valence-electron chi connectivity index (χ3n) is 6.82. The monoisotopic (exact) mass is 472 g/mol. The van der Waals surface area contributed by atoms with Gasteiger partial charge in [-0.2, -0.15) is 0 Å². The number of hydrogen-bond acceptors (Lipinski definition) is 4. The number of benzene rings is 1. The molecule has 2 fully saturated rings. The Morgan fingerprint density at radius 1 is 1.06 bits per heavy atom. The van der Waals surface area contributed by atoms with E-state index in [9.17, 15) is 14.4 Å². The smallest absolute Gasteiger partial charge is 0.319 e. The first-order valence-electron chi connectivity index (χ1n) is 12.7. The minimum absolute atomic E-state index is 0.0300. The lowest BCUT2D eigenvalue weighted by molar-refractivity contribution is -0.147. The van der Waals surface area contributed by atoms with E-state index in [1.165, 1.54) is 6.42 Å². The molecule has 8 nitrogen and oxygen atoms in total. The summed E-state index contributed by atoms with van der Waals surface area (Å²) in [7, 11) is 0. The van der Waals surface area contributed by atoms with Crippen molar-refractivity contribution in [1.29, 1.82) is 0 Å². The van der Waals surface area contributed by atoms with Crippen LogP contribution in [0.5, 0.6) is 5.75 Å². The zero-order valence-electron chi connectivity index (χ0n) is 21.0. The van der Waals surface area contributed by atoms with E-state index in [1.54, 1.807) is 29.2 Å². The number of hydrogen-bond donors (Lipinski definition) is 2. The van der Waals surface area contributed by atoms with Crippen molar-refractivity contribution < 1.29 is 19.1 Å². The molecule has 4 amide bonds. The van der Waals surface area contributed by atoms with Crippen LogP contribution in [0.15, 0.2) is 24.3 Å². The Morgan fingerprint density at radius 2 is 1.74 bits per heavy atom. The molecule has 0 spiro atoms. The Balaban J connectivity index is 1.55. The van der Waals surface area contributed by atoms with Crippen LogP contribution in [0.2, 0.25) is 0 Å². The third-order valence-corrected chi connectivity index (χ3v) is 6.82. The summed E-state index contributed by atoms with van der Waals surface area (Å²) in [6, 6.07) is 6.02. The Labute approximate surface area is 203 Å². The summed E-state index contributed by atoms with van der Waals surface area (Å²) < 4.78 is 5.42. The van der Waals surface area contributed by atoms with Crippen LogP contribution in [0.4, 0.5) is 10.5 Å². The minimum Gasteiger partial charge on any atom is -0.494 e. The zero-order valence-corrected chi connectivity index (χ0v) is 21.0. The number of nitrogens with one attached hydrogen (secondary N) is 2. The molecule has 1 aliphatic heterocycles. The van der Waals surface area contributed by atoms with Gasteiger partial charge in [0.15, 0.2) is 0 Å². The Hall–Kier alpha value is -2.77. The van der Waals surface area contributed by atoms with Gasteiger partial charge in [0.25, 0.3) is 0 Å². The Bertz CT molecular complexity index is 836. The molecular weight excluding hydrogens is 432 g/mol. The van der Waals surface area contributed by atoms with Gasteiger partial charge < -0.3 is 25.2 Å². The van der Waals surface area contributed by atoms with Crippen LogP contribution >= 0.6 is 0 Å². The van der Waals surface area contributed by atoms with Gasteiger partial charge in [-0.15, -0.1) is 0 Å². The number of carbonyl (C=O) groups is 3. The molecule has 1 aromatic carbocycles. The molecule has 0 bridgehead atoms. The van der Waals surface area contributed by atoms with E-state index in [0.29, 0.717) is 31.9 Å². The molecule has 3 rings (SSSR count). The molecule has 1 saturated heterocycles. The highest BCUT2D eigenvalue weighted by molar-refractivity contribution is 5.94. The van der Waals surface area contributed by atoms with Gasteiger partial charge in [0, 0.05) is 37.3 Å². The summed E-state index contributed by atoms with van der Waals surface area (Å²) in [6.07, 6.45) is 5.44. The number of amides is 4. The molecule has 2 N–H and O–H groups in total. The predicted molar refractivity (Wildman–Crippen MR) is 133 cm³/mol. The molecular formula is C26H40N4O4. The maximum atomic E-state index is 13.3. The first-order valence-corrected chi connectivity index (χ1v) is 12.7. The summed E-state index contributed by atoms with van der Waals surface area (Å²) >= 11 is 0. The number of carbonyl (C=O) groups excluding carboxylic acids is 3. The fraction of sp³-hybridized carbons (Fsp3) is 0.654. The van der Waals surface area contributed by atoms with E-state index < -0.39 is 12.1 Å². The molecule has 2 atom stereocenters. The maximum Gasteiger partial charge on any atom is 0.319 e. The van der Waals surface area contributed by atoms with Crippen LogP contribution < -0.4 is 15.4 Å². The highest BCUT2D eigenvalue weighted by Gasteiger charge is 2.36. The van der Waals surface area contributed by atoms with E-state index in [1.807, 2.05) is 32.6 Å². The average Bonchev–Trinajstić information content (AvgIpc) is 2.83. The van der Waals surface area contributed by atoms with Crippen LogP contribution in [-0.4, -0.2) is 66.0 Å².